The standard InChI is InChI=1S/C14H17N3O3/c1-2-10(7-13(18)19)8-15-14(20)11-9-17-6-4-3-5-12(17)16-11/h3-6,9-10H,2,7-8H2,1H3,(H,15,20)(H,18,19). The van der Waals surface area contributed by atoms with E-state index in [1.54, 1.807) is 10.6 Å². The molecule has 2 heterocycles. The van der Waals surface area contributed by atoms with Crippen LogP contribution < -0.4 is 5.32 Å². The third-order valence-electron chi connectivity index (χ3n) is 3.19. The zero-order chi connectivity index (χ0) is 14.5. The lowest BCUT2D eigenvalue weighted by atomic mass is 10.0. The van der Waals surface area contributed by atoms with Crippen molar-refractivity contribution in [1.82, 2.24) is 14.7 Å². The SMILES string of the molecule is CCC(CNC(=O)c1cn2ccccc2n1)CC(=O)O. The Labute approximate surface area is 116 Å². The fourth-order valence-corrected chi connectivity index (χ4v) is 1.98. The number of hydrogen-bond donors (Lipinski definition) is 2. The molecule has 0 saturated heterocycles. The number of aromatic nitrogens is 2. The summed E-state index contributed by atoms with van der Waals surface area (Å²) in [5.74, 6) is -1.19. The van der Waals surface area contributed by atoms with Gasteiger partial charge >= 0.3 is 5.97 Å². The van der Waals surface area contributed by atoms with E-state index in [9.17, 15) is 9.59 Å². The summed E-state index contributed by atoms with van der Waals surface area (Å²) >= 11 is 0. The lowest BCUT2D eigenvalue weighted by Gasteiger charge is -2.12. The summed E-state index contributed by atoms with van der Waals surface area (Å²) in [6.45, 7) is 2.25. The second-order valence-electron chi connectivity index (χ2n) is 4.67. The topological polar surface area (TPSA) is 83.7 Å². The van der Waals surface area contributed by atoms with Crippen LogP contribution in [0.1, 0.15) is 30.3 Å². The van der Waals surface area contributed by atoms with Gasteiger partial charge in [0.15, 0.2) is 0 Å². The minimum Gasteiger partial charge on any atom is -0.481 e. The van der Waals surface area contributed by atoms with E-state index in [1.807, 2.05) is 31.3 Å². The number of imidazole rings is 1. The van der Waals surface area contributed by atoms with Crippen molar-refractivity contribution in [2.24, 2.45) is 5.92 Å². The van der Waals surface area contributed by atoms with Gasteiger partial charge < -0.3 is 14.8 Å². The van der Waals surface area contributed by atoms with Gasteiger partial charge in [0.05, 0.1) is 0 Å². The van der Waals surface area contributed by atoms with Gasteiger partial charge in [-0.1, -0.05) is 19.4 Å². The number of nitrogens with zero attached hydrogens (tertiary/aromatic N) is 2. The Kier molecular flexibility index (Phi) is 4.34. The molecule has 1 unspecified atom stereocenters. The van der Waals surface area contributed by atoms with E-state index in [4.69, 9.17) is 5.11 Å². The predicted octanol–water partition coefficient (Wildman–Crippen LogP) is 1.56. The van der Waals surface area contributed by atoms with Gasteiger partial charge in [0.2, 0.25) is 0 Å². The van der Waals surface area contributed by atoms with Crippen molar-refractivity contribution in [1.29, 1.82) is 0 Å². The number of pyridine rings is 1. The van der Waals surface area contributed by atoms with Gasteiger partial charge in [0.25, 0.3) is 5.91 Å². The van der Waals surface area contributed by atoms with Gasteiger partial charge in [-0.05, 0) is 18.1 Å². The molecule has 1 atom stereocenters. The Hall–Kier alpha value is -2.37. The Morgan fingerprint density at radius 3 is 2.90 bits per heavy atom. The number of carbonyl (C=O) groups is 2. The van der Waals surface area contributed by atoms with Crippen LogP contribution in [0.2, 0.25) is 0 Å². The summed E-state index contributed by atoms with van der Waals surface area (Å²) < 4.78 is 1.77. The number of rotatable bonds is 6. The average molecular weight is 275 g/mol. The zero-order valence-electron chi connectivity index (χ0n) is 11.2. The minimum atomic E-state index is -0.848. The third kappa shape index (κ3) is 3.34. The molecule has 0 radical (unpaired) electrons. The van der Waals surface area contributed by atoms with Crippen LogP contribution in [0.3, 0.4) is 0 Å². The number of carboxylic acids is 1. The first kappa shape index (κ1) is 14.0. The van der Waals surface area contributed by atoms with Crippen LogP contribution in [-0.2, 0) is 4.79 Å². The highest BCUT2D eigenvalue weighted by Crippen LogP contribution is 2.08. The van der Waals surface area contributed by atoms with Crippen molar-refractivity contribution in [3.63, 3.8) is 0 Å². The van der Waals surface area contributed by atoms with E-state index in [-0.39, 0.29) is 18.2 Å². The number of amides is 1. The highest BCUT2D eigenvalue weighted by molar-refractivity contribution is 5.92. The lowest BCUT2D eigenvalue weighted by Crippen LogP contribution is -2.30. The van der Waals surface area contributed by atoms with Crippen LogP contribution in [0.5, 0.6) is 0 Å². The van der Waals surface area contributed by atoms with E-state index in [2.05, 4.69) is 10.3 Å². The molecule has 20 heavy (non-hydrogen) atoms. The fraction of sp³-hybridized carbons (Fsp3) is 0.357. The van der Waals surface area contributed by atoms with E-state index in [0.29, 0.717) is 24.3 Å². The van der Waals surface area contributed by atoms with Crippen molar-refractivity contribution in [3.05, 3.63) is 36.3 Å². The van der Waals surface area contributed by atoms with Gasteiger partial charge in [-0.15, -0.1) is 0 Å². The van der Waals surface area contributed by atoms with Crippen LogP contribution in [-0.4, -0.2) is 32.9 Å². The van der Waals surface area contributed by atoms with Gasteiger partial charge in [-0.2, -0.15) is 0 Å². The normalized spacial score (nSPS) is 12.2. The molecule has 0 aliphatic carbocycles. The largest absolute Gasteiger partial charge is 0.481 e. The highest BCUT2D eigenvalue weighted by atomic mass is 16.4. The van der Waals surface area contributed by atoms with Crippen molar-refractivity contribution < 1.29 is 14.7 Å². The molecular formula is C14H17N3O3. The lowest BCUT2D eigenvalue weighted by molar-refractivity contribution is -0.138. The van der Waals surface area contributed by atoms with Crippen molar-refractivity contribution in [2.75, 3.05) is 6.54 Å². The first-order valence-corrected chi connectivity index (χ1v) is 6.54. The minimum absolute atomic E-state index is 0.0575. The molecule has 0 bridgehead atoms. The molecule has 0 aliphatic rings. The Balaban J connectivity index is 1.99. The Morgan fingerprint density at radius 2 is 2.25 bits per heavy atom. The predicted molar refractivity (Wildman–Crippen MR) is 73.6 cm³/mol. The second kappa shape index (κ2) is 6.18. The second-order valence-corrected chi connectivity index (χ2v) is 4.67. The van der Waals surface area contributed by atoms with E-state index < -0.39 is 5.97 Å². The molecule has 0 saturated carbocycles. The molecule has 2 N–H and O–H groups in total. The quantitative estimate of drug-likeness (QED) is 0.838. The highest BCUT2D eigenvalue weighted by Gasteiger charge is 2.15. The zero-order valence-corrected chi connectivity index (χ0v) is 11.2. The number of fused-ring (bicyclic) bond motifs is 1. The monoisotopic (exact) mass is 275 g/mol. The summed E-state index contributed by atoms with van der Waals surface area (Å²) in [4.78, 5) is 26.9. The number of hydrogen-bond acceptors (Lipinski definition) is 3. The van der Waals surface area contributed by atoms with Crippen LogP contribution >= 0.6 is 0 Å². The van der Waals surface area contributed by atoms with Crippen molar-refractivity contribution >= 4 is 17.5 Å². The van der Waals surface area contributed by atoms with Crippen LogP contribution in [0.25, 0.3) is 5.65 Å². The summed E-state index contributed by atoms with van der Waals surface area (Å²) in [7, 11) is 0. The van der Waals surface area contributed by atoms with Crippen molar-refractivity contribution in [3.8, 4) is 0 Å². The molecule has 2 aromatic heterocycles. The van der Waals surface area contributed by atoms with Gasteiger partial charge in [-0.25, -0.2) is 4.98 Å². The van der Waals surface area contributed by atoms with Crippen molar-refractivity contribution in [2.45, 2.75) is 19.8 Å². The van der Waals surface area contributed by atoms with Crippen LogP contribution in [0, 0.1) is 5.92 Å². The molecule has 106 valence electrons. The molecule has 6 heteroatoms. The number of carboxylic acid groups (broad SMARTS) is 1. The van der Waals surface area contributed by atoms with Crippen LogP contribution in [0.15, 0.2) is 30.6 Å². The molecule has 0 fully saturated rings. The molecule has 2 rings (SSSR count). The summed E-state index contributed by atoms with van der Waals surface area (Å²) in [6, 6.07) is 5.52. The smallest absolute Gasteiger partial charge is 0.303 e. The van der Waals surface area contributed by atoms with E-state index >= 15 is 0 Å². The molecule has 0 aromatic carbocycles. The number of carbonyl (C=O) groups excluding carboxylic acids is 1. The van der Waals surface area contributed by atoms with Gasteiger partial charge in [0, 0.05) is 25.4 Å². The maximum atomic E-state index is 12.0. The molecular weight excluding hydrogens is 258 g/mol. The maximum absolute atomic E-state index is 12.0. The van der Waals surface area contributed by atoms with Gasteiger partial charge in [-0.3, -0.25) is 9.59 Å². The number of aliphatic carboxylic acids is 1. The first-order valence-electron chi connectivity index (χ1n) is 6.54. The molecule has 0 aliphatic heterocycles. The molecule has 0 spiro atoms. The first-order chi connectivity index (χ1) is 9.60. The van der Waals surface area contributed by atoms with Crippen LogP contribution in [0.4, 0.5) is 0 Å². The maximum Gasteiger partial charge on any atom is 0.303 e. The Morgan fingerprint density at radius 1 is 1.45 bits per heavy atom. The Bertz CT molecular complexity index is 588. The summed E-state index contributed by atoms with van der Waals surface area (Å²) in [5.41, 5.74) is 1.04. The summed E-state index contributed by atoms with van der Waals surface area (Å²) in [5, 5.41) is 11.5. The number of nitrogens with one attached hydrogen (secondary N) is 1. The summed E-state index contributed by atoms with van der Waals surface area (Å²) in [6.07, 6.45) is 4.24. The van der Waals surface area contributed by atoms with Gasteiger partial charge in [0.1, 0.15) is 11.3 Å². The fourth-order valence-electron chi connectivity index (χ4n) is 1.98. The van der Waals surface area contributed by atoms with E-state index in [0.717, 1.165) is 0 Å². The average Bonchev–Trinajstić information content (AvgIpc) is 2.86. The molecule has 2 aromatic rings. The third-order valence-corrected chi connectivity index (χ3v) is 3.19. The molecule has 6 nitrogen and oxygen atoms in total. The molecule has 1 amide bonds. The van der Waals surface area contributed by atoms with E-state index in [1.165, 1.54) is 0 Å².